The van der Waals surface area contributed by atoms with Gasteiger partial charge in [0.2, 0.25) is 10.0 Å². The summed E-state index contributed by atoms with van der Waals surface area (Å²) < 4.78 is 22.8. The van der Waals surface area contributed by atoms with Crippen LogP contribution in [0.4, 0.5) is 11.4 Å². The van der Waals surface area contributed by atoms with E-state index in [4.69, 9.17) is 17.4 Å². The summed E-state index contributed by atoms with van der Waals surface area (Å²) in [6.45, 7) is 0.603. The molecule has 3 aromatic rings. The molecule has 0 aliphatic carbocycles. The third-order valence-electron chi connectivity index (χ3n) is 3.93. The van der Waals surface area contributed by atoms with E-state index >= 15 is 0 Å². The first-order valence-corrected chi connectivity index (χ1v) is 10.2. The molecule has 0 fully saturated rings. The van der Waals surface area contributed by atoms with Gasteiger partial charge in [0, 0.05) is 11.4 Å². The van der Waals surface area contributed by atoms with Gasteiger partial charge in [-0.25, -0.2) is 13.6 Å². The number of nitrogens with two attached hydrogens (primary N) is 1. The van der Waals surface area contributed by atoms with Crippen molar-refractivity contribution >= 4 is 38.7 Å². The average molecular weight is 398 g/mol. The van der Waals surface area contributed by atoms with Crippen molar-refractivity contribution in [2.75, 3.05) is 10.2 Å². The summed E-state index contributed by atoms with van der Waals surface area (Å²) in [4.78, 5) is 2.04. The molecule has 7 heteroatoms. The molecule has 0 atom stereocenters. The van der Waals surface area contributed by atoms with Crippen LogP contribution in [0.15, 0.2) is 89.8 Å². The Morgan fingerprint density at radius 3 is 2.00 bits per heavy atom. The van der Waals surface area contributed by atoms with Crippen molar-refractivity contribution in [3.8, 4) is 0 Å². The molecule has 0 aliphatic heterocycles. The third-order valence-corrected chi connectivity index (χ3v) is 5.18. The summed E-state index contributed by atoms with van der Waals surface area (Å²) in [5, 5.41) is 8.80. The molecule has 0 heterocycles. The Kier molecular flexibility index (Phi) is 5.85. The highest BCUT2D eigenvalue weighted by atomic mass is 32.2. The Morgan fingerprint density at radius 1 is 0.889 bits per heavy atom. The van der Waals surface area contributed by atoms with Crippen molar-refractivity contribution in [3.05, 3.63) is 90.5 Å². The van der Waals surface area contributed by atoms with Gasteiger partial charge in [-0.3, -0.25) is 0 Å². The highest BCUT2D eigenvalue weighted by Crippen LogP contribution is 2.20. The number of primary sulfonamides is 1. The summed E-state index contributed by atoms with van der Waals surface area (Å²) in [7, 11) is -3.72. The number of thiocarbonyl (C=S) groups is 1. The highest BCUT2D eigenvalue weighted by Gasteiger charge is 2.14. The third kappa shape index (κ3) is 5.13. The van der Waals surface area contributed by atoms with Gasteiger partial charge in [0.1, 0.15) is 0 Å². The summed E-state index contributed by atoms with van der Waals surface area (Å²) in [6, 6.07) is 26.0. The predicted octanol–water partition coefficient (Wildman–Crippen LogP) is 3.74. The monoisotopic (exact) mass is 397 g/mol. The van der Waals surface area contributed by atoms with Gasteiger partial charge in [0.25, 0.3) is 0 Å². The maximum Gasteiger partial charge on any atom is 0.238 e. The van der Waals surface area contributed by atoms with Crippen LogP contribution < -0.4 is 15.4 Å². The lowest BCUT2D eigenvalue weighted by Crippen LogP contribution is -2.34. The largest absolute Gasteiger partial charge is 0.332 e. The van der Waals surface area contributed by atoms with Crippen molar-refractivity contribution in [2.24, 2.45) is 5.14 Å². The van der Waals surface area contributed by atoms with Crippen LogP contribution in [0.2, 0.25) is 0 Å². The van der Waals surface area contributed by atoms with Gasteiger partial charge in [-0.05, 0) is 54.2 Å². The number of sulfonamides is 1. The molecule has 3 N–H and O–H groups in total. The molecular weight excluding hydrogens is 378 g/mol. The first-order valence-electron chi connectivity index (χ1n) is 8.24. The van der Waals surface area contributed by atoms with Crippen molar-refractivity contribution in [1.82, 2.24) is 0 Å². The first kappa shape index (κ1) is 19.0. The van der Waals surface area contributed by atoms with E-state index in [0.717, 1.165) is 11.3 Å². The molecule has 0 bridgehead atoms. The molecule has 3 rings (SSSR count). The molecule has 0 amide bonds. The van der Waals surface area contributed by atoms with Crippen molar-refractivity contribution < 1.29 is 8.42 Å². The zero-order valence-electron chi connectivity index (χ0n) is 14.4. The van der Waals surface area contributed by atoms with Crippen molar-refractivity contribution in [2.45, 2.75) is 11.4 Å². The van der Waals surface area contributed by atoms with E-state index in [1.165, 1.54) is 12.1 Å². The Bertz CT molecular complexity index is 1010. The summed E-state index contributed by atoms with van der Waals surface area (Å²) >= 11 is 5.62. The molecule has 27 heavy (non-hydrogen) atoms. The van der Waals surface area contributed by atoms with Gasteiger partial charge in [0.05, 0.1) is 11.4 Å². The number of para-hydroxylation sites is 1. The minimum Gasteiger partial charge on any atom is -0.332 e. The minimum absolute atomic E-state index is 0.0585. The molecule has 138 valence electrons. The first-order chi connectivity index (χ1) is 12.9. The number of rotatable bonds is 5. The Balaban J connectivity index is 1.82. The lowest BCUT2D eigenvalue weighted by Gasteiger charge is -2.26. The number of nitrogens with one attached hydrogen (secondary N) is 1. The van der Waals surface area contributed by atoms with E-state index in [-0.39, 0.29) is 4.90 Å². The second kappa shape index (κ2) is 8.30. The smallest absolute Gasteiger partial charge is 0.238 e. The van der Waals surface area contributed by atoms with Crippen LogP contribution in [0.3, 0.4) is 0 Å². The van der Waals surface area contributed by atoms with Gasteiger partial charge >= 0.3 is 0 Å². The molecule has 0 saturated heterocycles. The van der Waals surface area contributed by atoms with Crippen LogP contribution in [-0.2, 0) is 16.6 Å². The van der Waals surface area contributed by atoms with Crippen LogP contribution in [0, 0.1) is 0 Å². The molecule has 0 spiro atoms. The molecule has 0 unspecified atom stereocenters. The number of anilines is 2. The van der Waals surface area contributed by atoms with Crippen LogP contribution in [0.1, 0.15) is 5.56 Å². The van der Waals surface area contributed by atoms with Gasteiger partial charge in [-0.2, -0.15) is 0 Å². The molecular formula is C20H19N3O2S2. The maximum atomic E-state index is 11.4. The van der Waals surface area contributed by atoms with Crippen LogP contribution in [0.5, 0.6) is 0 Å². The van der Waals surface area contributed by atoms with Gasteiger partial charge in [-0.15, -0.1) is 0 Å². The van der Waals surface area contributed by atoms with Crippen LogP contribution >= 0.6 is 12.2 Å². The van der Waals surface area contributed by atoms with Crippen LogP contribution in [0.25, 0.3) is 0 Å². The Labute approximate surface area is 164 Å². The van der Waals surface area contributed by atoms with Gasteiger partial charge in [-0.1, -0.05) is 48.5 Å². The standard InChI is InChI=1S/C20H19N3O2S2/c21-27(24,25)19-13-11-17(12-14-19)22-20(26)23(18-9-5-2-6-10-18)15-16-7-3-1-4-8-16/h1-14H,15H2,(H,22,26)(H2,21,24,25). The van der Waals surface area contributed by atoms with Crippen LogP contribution in [-0.4, -0.2) is 13.5 Å². The normalized spacial score (nSPS) is 11.0. The second-order valence-electron chi connectivity index (χ2n) is 5.91. The quantitative estimate of drug-likeness (QED) is 0.642. The number of nitrogens with zero attached hydrogens (tertiary/aromatic N) is 1. The molecule has 5 nitrogen and oxygen atoms in total. The fraction of sp³-hybridized carbons (Fsp3) is 0.0500. The molecule has 0 aliphatic rings. The van der Waals surface area contributed by atoms with E-state index in [2.05, 4.69) is 5.32 Å². The highest BCUT2D eigenvalue weighted by molar-refractivity contribution is 7.89. The fourth-order valence-corrected chi connectivity index (χ4v) is 3.38. The average Bonchev–Trinajstić information content (AvgIpc) is 2.67. The zero-order chi connectivity index (χ0) is 19.3. The van der Waals surface area contributed by atoms with E-state index in [0.29, 0.717) is 17.3 Å². The lowest BCUT2D eigenvalue weighted by molar-refractivity contribution is 0.598. The number of hydrogen-bond donors (Lipinski definition) is 2. The molecule has 3 aromatic carbocycles. The summed E-state index contributed by atoms with van der Waals surface area (Å²) in [5.41, 5.74) is 2.76. The van der Waals surface area contributed by atoms with Gasteiger partial charge in [0.15, 0.2) is 5.11 Å². The van der Waals surface area contributed by atoms with E-state index in [1.807, 2.05) is 65.6 Å². The SMILES string of the molecule is NS(=O)(=O)c1ccc(NC(=S)N(Cc2ccccc2)c2ccccc2)cc1. The fourth-order valence-electron chi connectivity index (χ4n) is 2.57. The van der Waals surface area contributed by atoms with E-state index < -0.39 is 10.0 Å². The topological polar surface area (TPSA) is 75.4 Å². The molecule has 0 aromatic heterocycles. The summed E-state index contributed by atoms with van der Waals surface area (Å²) in [5.74, 6) is 0. The Morgan fingerprint density at radius 2 is 1.44 bits per heavy atom. The van der Waals surface area contributed by atoms with E-state index in [1.54, 1.807) is 12.1 Å². The minimum atomic E-state index is -3.72. The Hall–Kier alpha value is -2.74. The second-order valence-corrected chi connectivity index (χ2v) is 7.85. The van der Waals surface area contributed by atoms with Crippen molar-refractivity contribution in [1.29, 1.82) is 0 Å². The summed E-state index contributed by atoms with van der Waals surface area (Å²) in [6.07, 6.45) is 0. The molecule has 0 radical (unpaired) electrons. The zero-order valence-corrected chi connectivity index (χ0v) is 16.1. The number of hydrogen-bond acceptors (Lipinski definition) is 3. The lowest BCUT2D eigenvalue weighted by atomic mass is 10.2. The predicted molar refractivity (Wildman–Crippen MR) is 113 cm³/mol. The van der Waals surface area contributed by atoms with Gasteiger partial charge < -0.3 is 10.2 Å². The maximum absolute atomic E-state index is 11.4. The van der Waals surface area contributed by atoms with Crippen molar-refractivity contribution in [3.63, 3.8) is 0 Å². The molecule has 0 saturated carbocycles. The van der Waals surface area contributed by atoms with E-state index in [9.17, 15) is 8.42 Å². The number of benzene rings is 3.